The third-order valence-corrected chi connectivity index (χ3v) is 4.41. The number of hydrogen-bond acceptors (Lipinski definition) is 3. The SMILES string of the molecule is Cc1nn(C)c(CC(N)C2CCCCO2)c1Br. The fourth-order valence-corrected chi connectivity index (χ4v) is 2.86. The largest absolute Gasteiger partial charge is 0.377 e. The summed E-state index contributed by atoms with van der Waals surface area (Å²) in [6, 6.07) is 0.0569. The number of aromatic nitrogens is 2. The second-order valence-electron chi connectivity index (χ2n) is 4.74. The summed E-state index contributed by atoms with van der Waals surface area (Å²) in [4.78, 5) is 0. The first kappa shape index (κ1) is 13.1. The van der Waals surface area contributed by atoms with Gasteiger partial charge in [0.1, 0.15) is 0 Å². The molecule has 1 aliphatic heterocycles. The number of nitrogens with zero attached hydrogens (tertiary/aromatic N) is 2. The molecule has 2 heterocycles. The molecule has 0 radical (unpaired) electrons. The van der Waals surface area contributed by atoms with E-state index in [1.54, 1.807) is 0 Å². The van der Waals surface area contributed by atoms with Gasteiger partial charge in [0.05, 0.1) is 22.0 Å². The molecule has 2 unspecified atom stereocenters. The van der Waals surface area contributed by atoms with Crippen LogP contribution < -0.4 is 5.73 Å². The molecule has 1 aromatic heterocycles. The lowest BCUT2D eigenvalue weighted by atomic mass is 9.99. The van der Waals surface area contributed by atoms with Crippen LogP contribution in [-0.4, -0.2) is 28.5 Å². The van der Waals surface area contributed by atoms with Gasteiger partial charge in [0.2, 0.25) is 0 Å². The van der Waals surface area contributed by atoms with Crippen molar-refractivity contribution >= 4 is 15.9 Å². The van der Waals surface area contributed by atoms with Gasteiger partial charge in [-0.1, -0.05) is 0 Å². The van der Waals surface area contributed by atoms with E-state index in [1.807, 2.05) is 18.7 Å². The van der Waals surface area contributed by atoms with Crippen molar-refractivity contribution in [2.45, 2.75) is 44.8 Å². The van der Waals surface area contributed by atoms with Crippen molar-refractivity contribution in [1.82, 2.24) is 9.78 Å². The molecule has 0 aliphatic carbocycles. The van der Waals surface area contributed by atoms with Crippen LogP contribution >= 0.6 is 15.9 Å². The quantitative estimate of drug-likeness (QED) is 0.928. The fourth-order valence-electron chi connectivity index (χ4n) is 2.36. The molecule has 1 aromatic rings. The highest BCUT2D eigenvalue weighted by atomic mass is 79.9. The lowest BCUT2D eigenvalue weighted by Crippen LogP contribution is -2.40. The molecule has 96 valence electrons. The summed E-state index contributed by atoms with van der Waals surface area (Å²) in [7, 11) is 1.96. The van der Waals surface area contributed by atoms with E-state index in [-0.39, 0.29) is 12.1 Å². The molecule has 0 amide bonds. The average Bonchev–Trinajstić information content (AvgIpc) is 2.57. The Bertz CT molecular complexity index is 385. The van der Waals surface area contributed by atoms with Gasteiger partial charge in [0.25, 0.3) is 0 Å². The summed E-state index contributed by atoms with van der Waals surface area (Å²) in [5.74, 6) is 0. The van der Waals surface area contributed by atoms with Gasteiger partial charge in [0, 0.05) is 26.1 Å². The minimum atomic E-state index is 0.0569. The van der Waals surface area contributed by atoms with Crippen LogP contribution in [0.3, 0.4) is 0 Å². The predicted octanol–water partition coefficient (Wildman–Crippen LogP) is 1.93. The van der Waals surface area contributed by atoms with E-state index in [0.29, 0.717) is 0 Å². The summed E-state index contributed by atoms with van der Waals surface area (Å²) in [6.45, 7) is 2.85. The van der Waals surface area contributed by atoms with Crippen molar-refractivity contribution < 1.29 is 4.74 Å². The zero-order chi connectivity index (χ0) is 12.4. The topological polar surface area (TPSA) is 53.1 Å². The molecule has 5 heteroatoms. The molecule has 2 rings (SSSR count). The summed E-state index contributed by atoms with van der Waals surface area (Å²) in [5, 5.41) is 4.38. The van der Waals surface area contributed by atoms with Crippen LogP contribution in [-0.2, 0) is 18.2 Å². The van der Waals surface area contributed by atoms with Crippen LogP contribution in [0.15, 0.2) is 4.47 Å². The van der Waals surface area contributed by atoms with E-state index in [0.717, 1.165) is 41.7 Å². The minimum absolute atomic E-state index is 0.0569. The molecule has 1 saturated heterocycles. The van der Waals surface area contributed by atoms with Gasteiger partial charge in [-0.25, -0.2) is 0 Å². The maximum absolute atomic E-state index is 6.24. The van der Waals surface area contributed by atoms with Gasteiger partial charge in [-0.3, -0.25) is 4.68 Å². The van der Waals surface area contributed by atoms with E-state index >= 15 is 0 Å². The second-order valence-corrected chi connectivity index (χ2v) is 5.54. The van der Waals surface area contributed by atoms with Crippen LogP contribution in [0, 0.1) is 6.92 Å². The zero-order valence-electron chi connectivity index (χ0n) is 10.4. The Hall–Kier alpha value is -0.390. The lowest BCUT2D eigenvalue weighted by molar-refractivity contribution is 0.000305. The van der Waals surface area contributed by atoms with E-state index < -0.39 is 0 Å². The van der Waals surface area contributed by atoms with Gasteiger partial charge in [-0.05, 0) is 42.1 Å². The van der Waals surface area contributed by atoms with Crippen molar-refractivity contribution in [3.63, 3.8) is 0 Å². The normalized spacial score (nSPS) is 22.7. The first-order valence-electron chi connectivity index (χ1n) is 6.14. The van der Waals surface area contributed by atoms with Gasteiger partial charge < -0.3 is 10.5 Å². The van der Waals surface area contributed by atoms with Gasteiger partial charge in [-0.2, -0.15) is 5.10 Å². The molecule has 0 aromatic carbocycles. The van der Waals surface area contributed by atoms with Crippen LogP contribution in [0.2, 0.25) is 0 Å². The van der Waals surface area contributed by atoms with Crippen LogP contribution in [0.1, 0.15) is 30.7 Å². The third kappa shape index (κ3) is 2.89. The predicted molar refractivity (Wildman–Crippen MR) is 70.9 cm³/mol. The molecule has 0 bridgehead atoms. The Morgan fingerprint density at radius 3 is 2.88 bits per heavy atom. The number of hydrogen-bond donors (Lipinski definition) is 1. The molecule has 2 atom stereocenters. The van der Waals surface area contributed by atoms with Crippen molar-refractivity contribution in [3.05, 3.63) is 15.9 Å². The Morgan fingerprint density at radius 1 is 1.59 bits per heavy atom. The first-order valence-corrected chi connectivity index (χ1v) is 6.94. The van der Waals surface area contributed by atoms with E-state index in [1.165, 1.54) is 6.42 Å². The molecule has 2 N–H and O–H groups in total. The van der Waals surface area contributed by atoms with Crippen molar-refractivity contribution in [1.29, 1.82) is 0 Å². The molecule has 1 fully saturated rings. The smallest absolute Gasteiger partial charge is 0.0738 e. The summed E-state index contributed by atoms with van der Waals surface area (Å²) in [6.07, 6.45) is 4.48. The average molecular weight is 302 g/mol. The van der Waals surface area contributed by atoms with E-state index in [4.69, 9.17) is 10.5 Å². The molecular formula is C12H20BrN3O. The van der Waals surface area contributed by atoms with Crippen molar-refractivity contribution in [2.75, 3.05) is 6.61 Å². The van der Waals surface area contributed by atoms with E-state index in [2.05, 4.69) is 21.0 Å². The highest BCUT2D eigenvalue weighted by molar-refractivity contribution is 9.10. The molecule has 0 saturated carbocycles. The Labute approximate surface area is 111 Å². The highest BCUT2D eigenvalue weighted by Crippen LogP contribution is 2.23. The van der Waals surface area contributed by atoms with Gasteiger partial charge >= 0.3 is 0 Å². The third-order valence-electron chi connectivity index (χ3n) is 3.38. The highest BCUT2D eigenvalue weighted by Gasteiger charge is 2.24. The van der Waals surface area contributed by atoms with Gasteiger partial charge in [0.15, 0.2) is 0 Å². The second kappa shape index (κ2) is 5.50. The Balaban J connectivity index is 2.04. The summed E-state index contributed by atoms with van der Waals surface area (Å²) >= 11 is 3.57. The van der Waals surface area contributed by atoms with Crippen molar-refractivity contribution in [2.24, 2.45) is 12.8 Å². The first-order chi connectivity index (χ1) is 8.09. The van der Waals surface area contributed by atoms with Crippen LogP contribution in [0.25, 0.3) is 0 Å². The maximum Gasteiger partial charge on any atom is 0.0738 e. The summed E-state index contributed by atoms with van der Waals surface area (Å²) in [5.41, 5.74) is 8.41. The number of rotatable bonds is 3. The minimum Gasteiger partial charge on any atom is -0.377 e. The Kier molecular flexibility index (Phi) is 4.22. The number of aryl methyl sites for hydroxylation is 2. The summed E-state index contributed by atoms with van der Waals surface area (Å²) < 4.78 is 8.71. The van der Waals surface area contributed by atoms with E-state index in [9.17, 15) is 0 Å². The Morgan fingerprint density at radius 2 is 2.35 bits per heavy atom. The van der Waals surface area contributed by atoms with Crippen molar-refractivity contribution in [3.8, 4) is 0 Å². The van der Waals surface area contributed by atoms with Crippen LogP contribution in [0.5, 0.6) is 0 Å². The molecule has 1 aliphatic rings. The number of nitrogens with two attached hydrogens (primary N) is 1. The fraction of sp³-hybridized carbons (Fsp3) is 0.750. The lowest BCUT2D eigenvalue weighted by Gasteiger charge is -2.28. The zero-order valence-corrected chi connectivity index (χ0v) is 12.0. The van der Waals surface area contributed by atoms with Crippen LogP contribution in [0.4, 0.5) is 0 Å². The molecule has 4 nitrogen and oxygen atoms in total. The monoisotopic (exact) mass is 301 g/mol. The number of ether oxygens (including phenoxy) is 1. The molecule has 17 heavy (non-hydrogen) atoms. The van der Waals surface area contributed by atoms with Gasteiger partial charge in [-0.15, -0.1) is 0 Å². The number of halogens is 1. The molecular weight excluding hydrogens is 282 g/mol. The standard InChI is InChI=1S/C12H20BrN3O/c1-8-12(13)10(16(2)15-8)7-9(14)11-5-3-4-6-17-11/h9,11H,3-7,14H2,1-2H3. The maximum atomic E-state index is 6.24. The molecule has 0 spiro atoms.